The third kappa shape index (κ3) is 3.66. The summed E-state index contributed by atoms with van der Waals surface area (Å²) in [5, 5.41) is 3.07. The molecule has 0 fully saturated rings. The van der Waals surface area contributed by atoms with E-state index in [2.05, 4.69) is 19.2 Å². The van der Waals surface area contributed by atoms with Gasteiger partial charge in [-0.1, -0.05) is 20.8 Å². The lowest BCUT2D eigenvalue weighted by molar-refractivity contribution is 0.338. The van der Waals surface area contributed by atoms with Gasteiger partial charge < -0.3 is 10.1 Å². The van der Waals surface area contributed by atoms with Crippen molar-refractivity contribution < 1.29 is 13.5 Å². The summed E-state index contributed by atoms with van der Waals surface area (Å²) in [6, 6.07) is 2.38. The molecule has 4 heteroatoms. The summed E-state index contributed by atoms with van der Waals surface area (Å²) in [7, 11) is 3.15. The van der Waals surface area contributed by atoms with E-state index in [0.29, 0.717) is 18.0 Å². The topological polar surface area (TPSA) is 21.3 Å². The Morgan fingerprint density at radius 3 is 2.37 bits per heavy atom. The van der Waals surface area contributed by atoms with E-state index in [0.717, 1.165) is 12.5 Å². The summed E-state index contributed by atoms with van der Waals surface area (Å²) in [4.78, 5) is 0. The number of hydrogen-bond donors (Lipinski definition) is 1. The van der Waals surface area contributed by atoms with E-state index in [4.69, 9.17) is 4.74 Å². The van der Waals surface area contributed by atoms with Gasteiger partial charge in [0.25, 0.3) is 0 Å². The zero-order valence-electron chi connectivity index (χ0n) is 12.3. The molecule has 0 aliphatic heterocycles. The molecule has 2 nitrogen and oxygen atoms in total. The fourth-order valence-corrected chi connectivity index (χ4v) is 2.72. The van der Waals surface area contributed by atoms with Crippen LogP contribution in [0.1, 0.15) is 32.8 Å². The fourth-order valence-electron chi connectivity index (χ4n) is 2.72. The molecule has 1 atom stereocenters. The largest absolute Gasteiger partial charge is 0.494 e. The van der Waals surface area contributed by atoms with Crippen LogP contribution < -0.4 is 10.1 Å². The van der Waals surface area contributed by atoms with Gasteiger partial charge in [-0.05, 0) is 31.0 Å². The van der Waals surface area contributed by atoms with Crippen molar-refractivity contribution in [2.45, 2.75) is 32.6 Å². The Morgan fingerprint density at radius 1 is 1.26 bits per heavy atom. The van der Waals surface area contributed by atoms with E-state index in [-0.39, 0.29) is 5.75 Å². The van der Waals surface area contributed by atoms with Crippen molar-refractivity contribution >= 4 is 0 Å². The van der Waals surface area contributed by atoms with Crippen LogP contribution in [0, 0.1) is 17.6 Å². The number of rotatable bonds is 6. The zero-order valence-corrected chi connectivity index (χ0v) is 12.3. The lowest BCUT2D eigenvalue weighted by Gasteiger charge is -2.32. The maximum Gasteiger partial charge on any atom is 0.165 e. The SMILES string of the molecule is CNCC(C)(CC(C)C)c1cc(F)c(OC)cc1F. The molecule has 1 unspecified atom stereocenters. The molecule has 0 aliphatic rings. The molecule has 1 aromatic rings. The molecule has 0 bridgehead atoms. The van der Waals surface area contributed by atoms with Crippen molar-refractivity contribution in [3.05, 3.63) is 29.3 Å². The third-order valence-electron chi connectivity index (χ3n) is 3.32. The van der Waals surface area contributed by atoms with Crippen LogP contribution in [0.2, 0.25) is 0 Å². The van der Waals surface area contributed by atoms with Gasteiger partial charge in [0.15, 0.2) is 11.6 Å². The molecule has 0 spiro atoms. The molecule has 0 heterocycles. The standard InChI is InChI=1S/C15H23F2NO/c1-10(2)8-15(3,9-18-4)11-6-13(17)14(19-5)7-12(11)16/h6-7,10,18H,8-9H2,1-5H3. The van der Waals surface area contributed by atoms with Gasteiger partial charge in [0.1, 0.15) is 5.82 Å². The summed E-state index contributed by atoms with van der Waals surface area (Å²) in [5.74, 6) is -0.609. The molecular weight excluding hydrogens is 248 g/mol. The van der Waals surface area contributed by atoms with Gasteiger partial charge >= 0.3 is 0 Å². The minimum atomic E-state index is -0.523. The van der Waals surface area contributed by atoms with Crippen molar-refractivity contribution in [1.82, 2.24) is 5.32 Å². The first-order chi connectivity index (χ1) is 8.84. The molecule has 0 aromatic heterocycles. The Morgan fingerprint density at radius 2 is 1.89 bits per heavy atom. The highest BCUT2D eigenvalue weighted by molar-refractivity contribution is 5.35. The van der Waals surface area contributed by atoms with Crippen LogP contribution in [0.15, 0.2) is 12.1 Å². The Kier molecular flexibility index (Phi) is 5.29. The second-order valence-electron chi connectivity index (χ2n) is 5.66. The average molecular weight is 271 g/mol. The number of benzene rings is 1. The highest BCUT2D eigenvalue weighted by atomic mass is 19.1. The molecule has 1 rings (SSSR count). The van der Waals surface area contributed by atoms with Gasteiger partial charge in [-0.2, -0.15) is 0 Å². The van der Waals surface area contributed by atoms with Crippen molar-refractivity contribution in [2.24, 2.45) is 5.92 Å². The number of hydrogen-bond acceptors (Lipinski definition) is 2. The lowest BCUT2D eigenvalue weighted by atomic mass is 9.75. The number of methoxy groups -OCH3 is 1. The monoisotopic (exact) mass is 271 g/mol. The maximum atomic E-state index is 14.2. The van der Waals surface area contributed by atoms with Crippen molar-refractivity contribution in [1.29, 1.82) is 0 Å². The second-order valence-corrected chi connectivity index (χ2v) is 5.66. The van der Waals surface area contributed by atoms with E-state index in [1.54, 1.807) is 0 Å². The van der Waals surface area contributed by atoms with Gasteiger partial charge in [0.2, 0.25) is 0 Å². The van der Waals surface area contributed by atoms with E-state index >= 15 is 0 Å². The predicted molar refractivity (Wildman–Crippen MR) is 73.6 cm³/mol. The highest BCUT2D eigenvalue weighted by Gasteiger charge is 2.31. The first-order valence-electron chi connectivity index (χ1n) is 6.52. The minimum Gasteiger partial charge on any atom is -0.494 e. The first kappa shape index (κ1) is 15.9. The zero-order chi connectivity index (χ0) is 14.6. The molecular formula is C15H23F2NO. The van der Waals surface area contributed by atoms with Crippen LogP contribution in [-0.4, -0.2) is 20.7 Å². The van der Waals surface area contributed by atoms with Crippen LogP contribution in [0.5, 0.6) is 5.75 Å². The van der Waals surface area contributed by atoms with Crippen LogP contribution in [0.25, 0.3) is 0 Å². The highest BCUT2D eigenvalue weighted by Crippen LogP contribution is 2.35. The normalized spacial score (nSPS) is 14.5. The molecule has 0 aliphatic carbocycles. The van der Waals surface area contributed by atoms with Gasteiger partial charge in [-0.25, -0.2) is 8.78 Å². The summed E-state index contributed by atoms with van der Waals surface area (Å²) >= 11 is 0. The van der Waals surface area contributed by atoms with Crippen LogP contribution >= 0.6 is 0 Å². The summed E-state index contributed by atoms with van der Waals surface area (Å²) in [6.07, 6.45) is 0.774. The predicted octanol–water partition coefficient (Wildman–Crippen LogP) is 3.50. The van der Waals surface area contributed by atoms with Crippen molar-refractivity contribution in [2.75, 3.05) is 20.7 Å². The summed E-state index contributed by atoms with van der Waals surface area (Å²) in [5.41, 5.74) is -0.0473. The molecule has 0 saturated heterocycles. The molecule has 1 aromatic carbocycles. The van der Waals surface area contributed by atoms with E-state index in [1.807, 2.05) is 14.0 Å². The molecule has 0 amide bonds. The van der Waals surface area contributed by atoms with Gasteiger partial charge in [-0.15, -0.1) is 0 Å². The van der Waals surface area contributed by atoms with Crippen LogP contribution in [0.4, 0.5) is 8.78 Å². The number of likely N-dealkylation sites (N-methyl/N-ethyl adjacent to an activating group) is 1. The fraction of sp³-hybridized carbons (Fsp3) is 0.600. The number of ether oxygens (including phenoxy) is 1. The quantitative estimate of drug-likeness (QED) is 0.855. The average Bonchev–Trinajstić information content (AvgIpc) is 2.30. The van der Waals surface area contributed by atoms with Crippen molar-refractivity contribution in [3.8, 4) is 5.75 Å². The van der Waals surface area contributed by atoms with Crippen molar-refractivity contribution in [3.63, 3.8) is 0 Å². The van der Waals surface area contributed by atoms with Gasteiger partial charge in [0.05, 0.1) is 7.11 Å². The van der Waals surface area contributed by atoms with E-state index in [9.17, 15) is 8.78 Å². The van der Waals surface area contributed by atoms with Crippen LogP contribution in [-0.2, 0) is 5.41 Å². The second kappa shape index (κ2) is 6.33. The summed E-state index contributed by atoms with van der Waals surface area (Å²) < 4.78 is 32.8. The van der Waals surface area contributed by atoms with E-state index < -0.39 is 17.0 Å². The minimum absolute atomic E-state index is 0.0578. The van der Waals surface area contributed by atoms with Gasteiger partial charge in [0, 0.05) is 18.0 Å². The third-order valence-corrected chi connectivity index (χ3v) is 3.32. The smallest absolute Gasteiger partial charge is 0.165 e. The molecule has 19 heavy (non-hydrogen) atoms. The Labute approximate surface area is 114 Å². The summed E-state index contributed by atoms with van der Waals surface area (Å²) in [6.45, 7) is 6.69. The molecule has 0 saturated carbocycles. The Bertz CT molecular complexity index is 434. The van der Waals surface area contributed by atoms with Gasteiger partial charge in [-0.3, -0.25) is 0 Å². The number of nitrogens with one attached hydrogen (secondary N) is 1. The first-order valence-corrected chi connectivity index (χ1v) is 6.52. The molecule has 0 radical (unpaired) electrons. The molecule has 108 valence electrons. The number of halogens is 2. The Balaban J connectivity index is 3.26. The lowest BCUT2D eigenvalue weighted by Crippen LogP contribution is -2.36. The van der Waals surface area contributed by atoms with Crippen LogP contribution in [0.3, 0.4) is 0 Å². The van der Waals surface area contributed by atoms with E-state index in [1.165, 1.54) is 13.2 Å². The molecule has 1 N–H and O–H groups in total. The Hall–Kier alpha value is -1.16. The maximum absolute atomic E-state index is 14.2.